The second-order valence-electron chi connectivity index (χ2n) is 8.08. The number of amides is 3. The van der Waals surface area contributed by atoms with Gasteiger partial charge in [-0.25, -0.2) is 9.78 Å². The van der Waals surface area contributed by atoms with Gasteiger partial charge >= 0.3 is 6.03 Å². The van der Waals surface area contributed by atoms with Crippen LogP contribution in [-0.2, 0) is 0 Å². The van der Waals surface area contributed by atoms with Crippen LogP contribution in [0.1, 0.15) is 54.8 Å². The quantitative estimate of drug-likeness (QED) is 0.683. The van der Waals surface area contributed by atoms with Crippen LogP contribution in [0.15, 0.2) is 48.5 Å². The van der Waals surface area contributed by atoms with Gasteiger partial charge in [0.15, 0.2) is 0 Å². The lowest BCUT2D eigenvalue weighted by Crippen LogP contribution is -2.39. The number of primary amides is 1. The molecule has 3 amide bonds. The van der Waals surface area contributed by atoms with Crippen molar-refractivity contribution in [3.8, 4) is 0 Å². The number of rotatable bonds is 4. The molecule has 0 radical (unpaired) electrons. The summed E-state index contributed by atoms with van der Waals surface area (Å²) in [6.45, 7) is 5.67. The number of likely N-dealkylation sites (tertiary alicyclic amines) is 1. The van der Waals surface area contributed by atoms with Gasteiger partial charge in [0.25, 0.3) is 5.91 Å². The molecule has 2 aromatic carbocycles. The van der Waals surface area contributed by atoms with Crippen molar-refractivity contribution in [1.29, 1.82) is 0 Å². The van der Waals surface area contributed by atoms with Crippen LogP contribution in [0.2, 0.25) is 0 Å². The fraction of sp³-hybridized carbons (Fsp3) is 0.348. The van der Waals surface area contributed by atoms with Crippen LogP contribution in [0.4, 0.5) is 10.5 Å². The zero-order valence-electron chi connectivity index (χ0n) is 17.3. The van der Waals surface area contributed by atoms with E-state index in [-0.39, 0.29) is 17.9 Å². The molecule has 1 atom stereocenters. The van der Waals surface area contributed by atoms with Gasteiger partial charge in [0, 0.05) is 36.3 Å². The second-order valence-corrected chi connectivity index (χ2v) is 8.08. The number of imidazole rings is 1. The first-order valence-corrected chi connectivity index (χ1v) is 10.4. The summed E-state index contributed by atoms with van der Waals surface area (Å²) in [7, 11) is 0. The summed E-state index contributed by atoms with van der Waals surface area (Å²) < 4.78 is 2.30. The van der Waals surface area contributed by atoms with Gasteiger partial charge in [0.05, 0.1) is 11.0 Å². The summed E-state index contributed by atoms with van der Waals surface area (Å²) in [5.41, 5.74) is 8.38. The Kier molecular flexibility index (Phi) is 5.44. The maximum absolute atomic E-state index is 13.2. The highest BCUT2D eigenvalue weighted by atomic mass is 16.2. The molecule has 1 aromatic heterocycles. The van der Waals surface area contributed by atoms with Crippen LogP contribution in [0.25, 0.3) is 11.0 Å². The number of fused-ring (bicyclic) bond motifs is 1. The number of nitrogens with two attached hydrogens (primary N) is 1. The van der Waals surface area contributed by atoms with Crippen molar-refractivity contribution in [1.82, 2.24) is 14.5 Å². The zero-order chi connectivity index (χ0) is 21.3. The lowest BCUT2D eigenvalue weighted by Gasteiger charge is -2.33. The number of benzene rings is 2. The average molecular weight is 406 g/mol. The highest BCUT2D eigenvalue weighted by Crippen LogP contribution is 2.32. The first-order valence-electron chi connectivity index (χ1n) is 10.4. The van der Waals surface area contributed by atoms with Crippen molar-refractivity contribution in [2.24, 2.45) is 5.73 Å². The number of anilines is 1. The van der Waals surface area contributed by atoms with Gasteiger partial charge in [0.1, 0.15) is 5.82 Å². The molecule has 1 aliphatic heterocycles. The van der Waals surface area contributed by atoms with Gasteiger partial charge < -0.3 is 20.5 Å². The van der Waals surface area contributed by atoms with E-state index in [0.717, 1.165) is 29.7 Å². The standard InChI is InChI=1S/C23H27N5O2/c1-15(2)28-20-11-4-3-10-19(20)26-21(28)17-8-6-12-27(14-17)22(29)16-7-5-9-18(13-16)25-23(24)30/h3-5,7,9-11,13,15,17H,6,8,12,14H2,1-2H3,(H3,24,25,30)/t17-/m0/s1. The number of nitrogens with zero attached hydrogens (tertiary/aromatic N) is 3. The third kappa shape index (κ3) is 3.87. The van der Waals surface area contributed by atoms with E-state index in [1.807, 2.05) is 23.1 Å². The summed E-state index contributed by atoms with van der Waals surface area (Å²) in [5.74, 6) is 1.19. The molecular weight excluding hydrogens is 378 g/mol. The predicted octanol–water partition coefficient (Wildman–Crippen LogP) is 4.13. The highest BCUT2D eigenvalue weighted by Gasteiger charge is 2.29. The van der Waals surface area contributed by atoms with E-state index in [2.05, 4.69) is 29.8 Å². The fourth-order valence-electron chi connectivity index (χ4n) is 4.32. The fourth-order valence-corrected chi connectivity index (χ4v) is 4.32. The Morgan fingerprint density at radius 2 is 1.97 bits per heavy atom. The Morgan fingerprint density at radius 1 is 1.17 bits per heavy atom. The molecule has 30 heavy (non-hydrogen) atoms. The molecule has 0 bridgehead atoms. The molecule has 0 spiro atoms. The molecule has 1 fully saturated rings. The van der Waals surface area contributed by atoms with Crippen molar-refractivity contribution >= 4 is 28.7 Å². The number of carbonyl (C=O) groups is 2. The first-order chi connectivity index (χ1) is 14.4. The molecule has 7 heteroatoms. The van der Waals surface area contributed by atoms with E-state index in [9.17, 15) is 9.59 Å². The molecule has 156 valence electrons. The molecule has 4 rings (SSSR count). The molecule has 0 aliphatic carbocycles. The number of aromatic nitrogens is 2. The maximum atomic E-state index is 13.2. The van der Waals surface area contributed by atoms with Crippen molar-refractivity contribution in [2.45, 2.75) is 38.6 Å². The normalized spacial score (nSPS) is 16.8. The monoisotopic (exact) mass is 405 g/mol. The summed E-state index contributed by atoms with van der Waals surface area (Å²) in [4.78, 5) is 31.1. The van der Waals surface area contributed by atoms with Gasteiger partial charge in [-0.2, -0.15) is 0 Å². The molecule has 3 aromatic rings. The van der Waals surface area contributed by atoms with Gasteiger partial charge in [0.2, 0.25) is 0 Å². The maximum Gasteiger partial charge on any atom is 0.316 e. The van der Waals surface area contributed by atoms with Gasteiger partial charge in [-0.1, -0.05) is 18.2 Å². The molecule has 1 aliphatic rings. The third-order valence-electron chi connectivity index (χ3n) is 5.59. The van der Waals surface area contributed by atoms with Crippen LogP contribution in [-0.4, -0.2) is 39.5 Å². The predicted molar refractivity (Wildman–Crippen MR) is 118 cm³/mol. The van der Waals surface area contributed by atoms with E-state index < -0.39 is 6.03 Å². The summed E-state index contributed by atoms with van der Waals surface area (Å²) in [6.07, 6.45) is 1.93. The van der Waals surface area contributed by atoms with Gasteiger partial charge in [-0.15, -0.1) is 0 Å². The lowest BCUT2D eigenvalue weighted by atomic mass is 9.96. The SMILES string of the molecule is CC(C)n1c([C@H]2CCCN(C(=O)c3cccc(NC(N)=O)c3)C2)nc2ccccc21. The topological polar surface area (TPSA) is 93.3 Å². The van der Waals surface area contributed by atoms with Crippen molar-refractivity contribution in [2.75, 3.05) is 18.4 Å². The summed E-state index contributed by atoms with van der Waals surface area (Å²) in [5, 5.41) is 2.53. The molecular formula is C23H27N5O2. The average Bonchev–Trinajstić information content (AvgIpc) is 3.13. The Morgan fingerprint density at radius 3 is 2.73 bits per heavy atom. The van der Waals surface area contributed by atoms with E-state index in [0.29, 0.717) is 24.3 Å². The van der Waals surface area contributed by atoms with Crippen LogP contribution < -0.4 is 11.1 Å². The van der Waals surface area contributed by atoms with Crippen LogP contribution >= 0.6 is 0 Å². The number of para-hydroxylation sites is 2. The number of urea groups is 1. The minimum Gasteiger partial charge on any atom is -0.351 e. The largest absolute Gasteiger partial charge is 0.351 e. The molecule has 0 saturated carbocycles. The molecule has 2 heterocycles. The minimum atomic E-state index is -0.648. The Bertz CT molecular complexity index is 1090. The van der Waals surface area contributed by atoms with Crippen LogP contribution in [0, 0.1) is 0 Å². The van der Waals surface area contributed by atoms with E-state index in [1.165, 1.54) is 0 Å². The number of piperidine rings is 1. The molecule has 0 unspecified atom stereocenters. The number of hydrogen-bond acceptors (Lipinski definition) is 3. The number of carbonyl (C=O) groups excluding carboxylic acids is 2. The Balaban J connectivity index is 1.60. The van der Waals surface area contributed by atoms with Crippen molar-refractivity contribution < 1.29 is 9.59 Å². The smallest absolute Gasteiger partial charge is 0.316 e. The molecule has 7 nitrogen and oxygen atoms in total. The highest BCUT2D eigenvalue weighted by molar-refractivity contribution is 5.96. The Labute approximate surface area is 175 Å². The molecule has 1 saturated heterocycles. The number of nitrogens with one attached hydrogen (secondary N) is 1. The summed E-state index contributed by atoms with van der Waals surface area (Å²) in [6, 6.07) is 14.7. The van der Waals surface area contributed by atoms with Gasteiger partial charge in [-0.3, -0.25) is 4.79 Å². The van der Waals surface area contributed by atoms with E-state index >= 15 is 0 Å². The lowest BCUT2D eigenvalue weighted by molar-refractivity contribution is 0.0703. The summed E-state index contributed by atoms with van der Waals surface area (Å²) >= 11 is 0. The van der Waals surface area contributed by atoms with Gasteiger partial charge in [-0.05, 0) is 57.0 Å². The van der Waals surface area contributed by atoms with Crippen LogP contribution in [0.3, 0.4) is 0 Å². The second kappa shape index (κ2) is 8.18. The third-order valence-corrected chi connectivity index (χ3v) is 5.59. The Hall–Kier alpha value is -3.35. The first kappa shape index (κ1) is 19.9. The number of hydrogen-bond donors (Lipinski definition) is 2. The van der Waals surface area contributed by atoms with Crippen LogP contribution in [0.5, 0.6) is 0 Å². The molecule has 3 N–H and O–H groups in total. The van der Waals surface area contributed by atoms with Crippen molar-refractivity contribution in [3.05, 3.63) is 59.9 Å². The van der Waals surface area contributed by atoms with Crippen molar-refractivity contribution in [3.63, 3.8) is 0 Å². The minimum absolute atomic E-state index is 0.0416. The zero-order valence-corrected chi connectivity index (χ0v) is 17.3. The van der Waals surface area contributed by atoms with E-state index in [1.54, 1.807) is 24.3 Å². The van der Waals surface area contributed by atoms with E-state index in [4.69, 9.17) is 10.7 Å².